The molecule has 2 aromatic heterocycles. The summed E-state index contributed by atoms with van der Waals surface area (Å²) in [5.41, 5.74) is 1.57. The summed E-state index contributed by atoms with van der Waals surface area (Å²) in [5, 5.41) is 4.25. The number of carbonyl (C=O) groups excluding carboxylic acids is 1. The number of aryl methyl sites for hydroxylation is 1. The van der Waals surface area contributed by atoms with E-state index in [-0.39, 0.29) is 11.8 Å². The first-order valence-electron chi connectivity index (χ1n) is 8.40. The average molecular weight is 329 g/mol. The van der Waals surface area contributed by atoms with E-state index in [0.29, 0.717) is 31.9 Å². The van der Waals surface area contributed by atoms with Crippen LogP contribution in [0.25, 0.3) is 0 Å². The molecule has 0 aliphatic carbocycles. The lowest BCUT2D eigenvalue weighted by atomic mass is 10.0. The fourth-order valence-electron chi connectivity index (χ4n) is 2.93. The van der Waals surface area contributed by atoms with Crippen molar-refractivity contribution in [3.05, 3.63) is 42.2 Å². The zero-order valence-electron chi connectivity index (χ0n) is 14.0. The van der Waals surface area contributed by atoms with E-state index < -0.39 is 0 Å². The fourth-order valence-corrected chi connectivity index (χ4v) is 2.93. The molecule has 128 valence electrons. The molecule has 3 rings (SSSR count). The zero-order chi connectivity index (χ0) is 16.8. The van der Waals surface area contributed by atoms with Gasteiger partial charge in [0.05, 0.1) is 30.7 Å². The van der Waals surface area contributed by atoms with Crippen LogP contribution in [0.15, 0.2) is 31.0 Å². The number of amides is 1. The SMILES string of the molecule is CCCn1cc(C(=O)N2CCOC[C@H](Cc3cnccn3)C2)cn1. The molecule has 0 bridgehead atoms. The van der Waals surface area contributed by atoms with Gasteiger partial charge in [-0.3, -0.25) is 19.4 Å². The number of aromatic nitrogens is 4. The number of hydrogen-bond acceptors (Lipinski definition) is 5. The molecule has 1 aliphatic heterocycles. The highest BCUT2D eigenvalue weighted by Crippen LogP contribution is 2.15. The molecule has 0 N–H and O–H groups in total. The Kier molecular flexibility index (Phi) is 5.53. The van der Waals surface area contributed by atoms with Gasteiger partial charge in [-0.25, -0.2) is 0 Å². The molecule has 0 radical (unpaired) electrons. The molecule has 1 fully saturated rings. The van der Waals surface area contributed by atoms with E-state index in [1.165, 1.54) is 0 Å². The van der Waals surface area contributed by atoms with Crippen LogP contribution in [0.2, 0.25) is 0 Å². The van der Waals surface area contributed by atoms with Gasteiger partial charge in [0.2, 0.25) is 0 Å². The maximum absolute atomic E-state index is 12.8. The molecular weight excluding hydrogens is 306 g/mol. The molecule has 1 saturated heterocycles. The van der Waals surface area contributed by atoms with E-state index in [1.807, 2.05) is 15.8 Å². The van der Waals surface area contributed by atoms with Crippen molar-refractivity contribution in [3.63, 3.8) is 0 Å². The monoisotopic (exact) mass is 329 g/mol. The van der Waals surface area contributed by atoms with E-state index in [1.54, 1.807) is 24.8 Å². The Labute approximate surface area is 141 Å². The van der Waals surface area contributed by atoms with Crippen molar-refractivity contribution in [1.82, 2.24) is 24.6 Å². The van der Waals surface area contributed by atoms with Crippen LogP contribution < -0.4 is 0 Å². The van der Waals surface area contributed by atoms with Gasteiger partial charge in [0.1, 0.15) is 0 Å². The summed E-state index contributed by atoms with van der Waals surface area (Å²) in [6.45, 7) is 5.38. The Morgan fingerprint density at radius 3 is 3.08 bits per heavy atom. The normalized spacial score (nSPS) is 18.4. The third kappa shape index (κ3) is 4.17. The van der Waals surface area contributed by atoms with Gasteiger partial charge in [0.15, 0.2) is 0 Å². The van der Waals surface area contributed by atoms with Crippen molar-refractivity contribution in [2.24, 2.45) is 5.92 Å². The second kappa shape index (κ2) is 8.01. The second-order valence-electron chi connectivity index (χ2n) is 6.09. The molecule has 3 heterocycles. The highest BCUT2D eigenvalue weighted by atomic mass is 16.5. The molecule has 0 aromatic carbocycles. The molecule has 0 saturated carbocycles. The Hall–Kier alpha value is -2.28. The number of rotatable bonds is 5. The van der Waals surface area contributed by atoms with Crippen molar-refractivity contribution >= 4 is 5.91 Å². The first kappa shape index (κ1) is 16.6. The maximum Gasteiger partial charge on any atom is 0.257 e. The van der Waals surface area contributed by atoms with Gasteiger partial charge in [-0.05, 0) is 12.8 Å². The Morgan fingerprint density at radius 2 is 2.29 bits per heavy atom. The third-order valence-electron chi connectivity index (χ3n) is 4.07. The summed E-state index contributed by atoms with van der Waals surface area (Å²) in [6, 6.07) is 0. The zero-order valence-corrected chi connectivity index (χ0v) is 14.0. The Morgan fingerprint density at radius 1 is 1.38 bits per heavy atom. The lowest BCUT2D eigenvalue weighted by molar-refractivity contribution is 0.0737. The van der Waals surface area contributed by atoms with E-state index in [9.17, 15) is 4.79 Å². The molecule has 1 amide bonds. The minimum atomic E-state index is 0.0204. The highest BCUT2D eigenvalue weighted by Gasteiger charge is 2.24. The summed E-state index contributed by atoms with van der Waals surface area (Å²) in [7, 11) is 0. The predicted octanol–water partition coefficient (Wildman–Crippen LogP) is 1.41. The lowest BCUT2D eigenvalue weighted by Gasteiger charge is -2.23. The molecule has 7 heteroatoms. The lowest BCUT2D eigenvalue weighted by Crippen LogP contribution is -2.36. The van der Waals surface area contributed by atoms with Crippen LogP contribution in [0.5, 0.6) is 0 Å². The Balaban J connectivity index is 1.66. The maximum atomic E-state index is 12.8. The molecule has 1 aliphatic rings. The van der Waals surface area contributed by atoms with Gasteiger partial charge < -0.3 is 9.64 Å². The van der Waals surface area contributed by atoms with Crippen molar-refractivity contribution < 1.29 is 9.53 Å². The van der Waals surface area contributed by atoms with Gasteiger partial charge >= 0.3 is 0 Å². The van der Waals surface area contributed by atoms with Crippen LogP contribution in [0.1, 0.15) is 29.4 Å². The average Bonchev–Trinajstić information content (AvgIpc) is 2.94. The molecule has 2 aromatic rings. The van der Waals surface area contributed by atoms with Crippen molar-refractivity contribution in [2.75, 3.05) is 26.3 Å². The van der Waals surface area contributed by atoms with E-state index in [4.69, 9.17) is 4.74 Å². The largest absolute Gasteiger partial charge is 0.379 e. The van der Waals surface area contributed by atoms with Gasteiger partial charge in [-0.1, -0.05) is 6.92 Å². The Bertz CT molecular complexity index is 658. The van der Waals surface area contributed by atoms with Crippen LogP contribution in [-0.2, 0) is 17.7 Å². The highest BCUT2D eigenvalue weighted by molar-refractivity contribution is 5.93. The van der Waals surface area contributed by atoms with Crippen molar-refractivity contribution in [1.29, 1.82) is 0 Å². The number of ether oxygens (including phenoxy) is 1. The van der Waals surface area contributed by atoms with Gasteiger partial charge in [-0.15, -0.1) is 0 Å². The summed E-state index contributed by atoms with van der Waals surface area (Å²) >= 11 is 0. The number of nitrogens with zero attached hydrogens (tertiary/aromatic N) is 5. The van der Waals surface area contributed by atoms with E-state index in [2.05, 4.69) is 22.0 Å². The number of carbonyl (C=O) groups is 1. The van der Waals surface area contributed by atoms with Crippen LogP contribution >= 0.6 is 0 Å². The van der Waals surface area contributed by atoms with E-state index >= 15 is 0 Å². The molecular formula is C17H23N5O2. The summed E-state index contributed by atoms with van der Waals surface area (Å²) in [5.74, 6) is 0.242. The standard InChI is InChI=1S/C17H23N5O2/c1-2-5-22-12-15(9-20-22)17(23)21-6-7-24-13-14(11-21)8-16-10-18-3-4-19-16/h3-4,9-10,12,14H,2,5-8,11,13H2,1H3/t14-/m1/s1. The smallest absolute Gasteiger partial charge is 0.257 e. The molecule has 7 nitrogen and oxygen atoms in total. The minimum Gasteiger partial charge on any atom is -0.379 e. The van der Waals surface area contributed by atoms with Crippen LogP contribution in [-0.4, -0.2) is 56.9 Å². The number of hydrogen-bond donors (Lipinski definition) is 0. The summed E-state index contributed by atoms with van der Waals surface area (Å²) < 4.78 is 7.49. The van der Waals surface area contributed by atoms with Crippen molar-refractivity contribution in [3.8, 4) is 0 Å². The third-order valence-corrected chi connectivity index (χ3v) is 4.07. The van der Waals surface area contributed by atoms with Crippen LogP contribution in [0.3, 0.4) is 0 Å². The fraction of sp³-hybridized carbons (Fsp3) is 0.529. The van der Waals surface area contributed by atoms with Crippen molar-refractivity contribution in [2.45, 2.75) is 26.3 Å². The van der Waals surface area contributed by atoms with Gasteiger partial charge in [-0.2, -0.15) is 5.10 Å². The quantitative estimate of drug-likeness (QED) is 0.829. The predicted molar refractivity (Wildman–Crippen MR) is 88.5 cm³/mol. The molecule has 24 heavy (non-hydrogen) atoms. The van der Waals surface area contributed by atoms with Gasteiger partial charge in [0.25, 0.3) is 5.91 Å². The van der Waals surface area contributed by atoms with Crippen LogP contribution in [0.4, 0.5) is 0 Å². The molecule has 1 atom stereocenters. The first-order valence-corrected chi connectivity index (χ1v) is 8.40. The first-order chi connectivity index (χ1) is 11.8. The minimum absolute atomic E-state index is 0.0204. The molecule has 0 unspecified atom stereocenters. The second-order valence-corrected chi connectivity index (χ2v) is 6.09. The molecule has 0 spiro atoms. The van der Waals surface area contributed by atoms with Crippen LogP contribution in [0, 0.1) is 5.92 Å². The topological polar surface area (TPSA) is 73.1 Å². The summed E-state index contributed by atoms with van der Waals surface area (Å²) in [4.78, 5) is 23.0. The summed E-state index contributed by atoms with van der Waals surface area (Å²) in [6.07, 6.45) is 10.4. The van der Waals surface area contributed by atoms with E-state index in [0.717, 1.165) is 25.1 Å². The van der Waals surface area contributed by atoms with Gasteiger partial charge in [0, 0.05) is 50.3 Å².